The highest BCUT2D eigenvalue weighted by Crippen LogP contribution is 2.17. The number of para-hydroxylation sites is 1. The molecule has 0 saturated heterocycles. The molecule has 2 rings (SSSR count). The van der Waals surface area contributed by atoms with E-state index in [4.69, 9.17) is 23.1 Å². The van der Waals surface area contributed by atoms with Gasteiger partial charge in [0.25, 0.3) is 5.91 Å². The second-order valence-corrected chi connectivity index (χ2v) is 5.17. The van der Waals surface area contributed by atoms with Crippen LogP contribution in [0.15, 0.2) is 42.5 Å². The summed E-state index contributed by atoms with van der Waals surface area (Å²) in [7, 11) is 0. The van der Waals surface area contributed by atoms with E-state index in [1.54, 1.807) is 6.07 Å². The number of carbonyl (C=O) groups is 2. The van der Waals surface area contributed by atoms with Gasteiger partial charge in [0.15, 0.2) is 0 Å². The number of primary amides is 1. The fraction of sp³-hybridized carbons (Fsp3) is 0.125. The number of nitrogens with one attached hydrogen (secondary N) is 1. The van der Waals surface area contributed by atoms with Crippen molar-refractivity contribution in [1.82, 2.24) is 5.32 Å². The molecular weight excluding hydrogens is 302 g/mol. The Hall–Kier alpha value is -2.53. The van der Waals surface area contributed by atoms with Gasteiger partial charge in [-0.1, -0.05) is 29.8 Å². The first-order valence-electron chi connectivity index (χ1n) is 6.70. The van der Waals surface area contributed by atoms with Crippen LogP contribution in [0.4, 0.5) is 5.69 Å². The molecule has 0 aliphatic carbocycles. The van der Waals surface area contributed by atoms with Gasteiger partial charge in [-0.25, -0.2) is 0 Å². The van der Waals surface area contributed by atoms with Gasteiger partial charge in [-0.2, -0.15) is 0 Å². The maximum Gasteiger partial charge on any atom is 0.251 e. The topological polar surface area (TPSA) is 98.2 Å². The molecule has 0 radical (unpaired) electrons. The molecule has 5 nitrogen and oxygen atoms in total. The van der Waals surface area contributed by atoms with Gasteiger partial charge >= 0.3 is 0 Å². The Balaban J connectivity index is 2.00. The van der Waals surface area contributed by atoms with Gasteiger partial charge < -0.3 is 16.8 Å². The van der Waals surface area contributed by atoms with E-state index in [0.717, 1.165) is 5.56 Å². The number of amides is 2. The molecule has 2 amide bonds. The van der Waals surface area contributed by atoms with Crippen molar-refractivity contribution in [2.24, 2.45) is 5.73 Å². The standard InChI is InChI=1S/C16H16ClN3O2/c17-13-6-5-11(9-12(13)15(19)21)16(22)20-8-7-10-3-1-2-4-14(10)18/h1-6,9H,7-8,18H2,(H2,19,21)(H,20,22). The minimum atomic E-state index is -0.670. The summed E-state index contributed by atoms with van der Waals surface area (Å²) in [4.78, 5) is 23.3. The third-order valence-corrected chi connectivity index (χ3v) is 3.56. The average molecular weight is 318 g/mol. The molecule has 0 saturated carbocycles. The molecular formula is C16H16ClN3O2. The summed E-state index contributed by atoms with van der Waals surface area (Å²) in [6.45, 7) is 0.432. The highest BCUT2D eigenvalue weighted by atomic mass is 35.5. The first-order chi connectivity index (χ1) is 10.5. The Morgan fingerprint density at radius 3 is 2.55 bits per heavy atom. The minimum Gasteiger partial charge on any atom is -0.399 e. The van der Waals surface area contributed by atoms with Crippen LogP contribution in [0.2, 0.25) is 5.02 Å². The average Bonchev–Trinajstić information content (AvgIpc) is 2.49. The molecule has 0 aromatic heterocycles. The normalized spacial score (nSPS) is 10.2. The molecule has 5 N–H and O–H groups in total. The number of hydrogen-bond acceptors (Lipinski definition) is 3. The first kappa shape index (κ1) is 15.9. The van der Waals surface area contributed by atoms with Crippen LogP contribution in [0, 0.1) is 0 Å². The summed E-state index contributed by atoms with van der Waals surface area (Å²) in [5.41, 5.74) is 13.2. The van der Waals surface area contributed by atoms with Gasteiger partial charge in [-0.05, 0) is 36.2 Å². The van der Waals surface area contributed by atoms with Crippen LogP contribution >= 0.6 is 11.6 Å². The Bertz CT molecular complexity index is 716. The van der Waals surface area contributed by atoms with Gasteiger partial charge in [0.05, 0.1) is 10.6 Å². The Morgan fingerprint density at radius 2 is 1.86 bits per heavy atom. The van der Waals surface area contributed by atoms with Gasteiger partial charge in [0.2, 0.25) is 5.91 Å². The van der Waals surface area contributed by atoms with E-state index in [-0.39, 0.29) is 16.5 Å². The van der Waals surface area contributed by atoms with Gasteiger partial charge in [0, 0.05) is 17.8 Å². The van der Waals surface area contributed by atoms with Crippen LogP contribution in [0.1, 0.15) is 26.3 Å². The number of nitrogen functional groups attached to an aromatic ring is 1. The van der Waals surface area contributed by atoms with E-state index in [1.807, 2.05) is 24.3 Å². The third-order valence-electron chi connectivity index (χ3n) is 3.23. The van der Waals surface area contributed by atoms with Gasteiger partial charge in [0.1, 0.15) is 0 Å². The largest absolute Gasteiger partial charge is 0.399 e. The quantitative estimate of drug-likeness (QED) is 0.735. The van der Waals surface area contributed by atoms with Crippen LogP contribution in [0.25, 0.3) is 0 Å². The minimum absolute atomic E-state index is 0.127. The zero-order chi connectivity index (χ0) is 16.1. The number of halogens is 1. The Kier molecular flexibility index (Phi) is 5.01. The predicted molar refractivity (Wildman–Crippen MR) is 86.9 cm³/mol. The molecule has 0 spiro atoms. The summed E-state index contributed by atoms with van der Waals surface area (Å²) < 4.78 is 0. The zero-order valence-electron chi connectivity index (χ0n) is 11.8. The summed E-state index contributed by atoms with van der Waals surface area (Å²) in [6, 6.07) is 11.9. The van der Waals surface area contributed by atoms with Crippen molar-refractivity contribution in [2.75, 3.05) is 12.3 Å². The number of carbonyl (C=O) groups excluding carboxylic acids is 2. The summed E-state index contributed by atoms with van der Waals surface area (Å²) in [6.07, 6.45) is 0.620. The third kappa shape index (κ3) is 3.77. The van der Waals surface area contributed by atoms with E-state index in [2.05, 4.69) is 5.32 Å². The first-order valence-corrected chi connectivity index (χ1v) is 7.08. The molecule has 0 fully saturated rings. The molecule has 0 aliphatic heterocycles. The lowest BCUT2D eigenvalue weighted by molar-refractivity contribution is 0.0954. The SMILES string of the molecule is NC(=O)c1cc(C(=O)NCCc2ccccc2N)ccc1Cl. The summed E-state index contributed by atoms with van der Waals surface area (Å²) in [5, 5.41) is 2.99. The van der Waals surface area contributed by atoms with Crippen LogP contribution in [0.5, 0.6) is 0 Å². The number of benzene rings is 2. The van der Waals surface area contributed by atoms with Crippen molar-refractivity contribution in [3.8, 4) is 0 Å². The van der Waals surface area contributed by atoms with E-state index in [9.17, 15) is 9.59 Å². The lowest BCUT2D eigenvalue weighted by Gasteiger charge is -2.08. The molecule has 22 heavy (non-hydrogen) atoms. The summed E-state index contributed by atoms with van der Waals surface area (Å²) in [5.74, 6) is -0.967. The fourth-order valence-corrected chi connectivity index (χ4v) is 2.24. The highest BCUT2D eigenvalue weighted by molar-refractivity contribution is 6.34. The molecule has 2 aromatic carbocycles. The maximum atomic E-state index is 12.1. The predicted octanol–water partition coefficient (Wildman–Crippen LogP) is 1.99. The smallest absolute Gasteiger partial charge is 0.251 e. The van der Waals surface area contributed by atoms with E-state index < -0.39 is 5.91 Å². The second-order valence-electron chi connectivity index (χ2n) is 4.76. The van der Waals surface area contributed by atoms with Crippen LogP contribution in [-0.2, 0) is 6.42 Å². The summed E-state index contributed by atoms with van der Waals surface area (Å²) >= 11 is 5.85. The monoisotopic (exact) mass is 317 g/mol. The van der Waals surface area contributed by atoms with Gasteiger partial charge in [-0.15, -0.1) is 0 Å². The van der Waals surface area contributed by atoms with Crippen molar-refractivity contribution in [1.29, 1.82) is 0 Å². The number of rotatable bonds is 5. The number of hydrogen-bond donors (Lipinski definition) is 3. The molecule has 0 atom stereocenters. The maximum absolute atomic E-state index is 12.1. The Morgan fingerprint density at radius 1 is 1.14 bits per heavy atom. The molecule has 2 aromatic rings. The number of nitrogens with two attached hydrogens (primary N) is 2. The van der Waals surface area contributed by atoms with Crippen molar-refractivity contribution in [3.05, 3.63) is 64.2 Å². The van der Waals surface area contributed by atoms with E-state index >= 15 is 0 Å². The van der Waals surface area contributed by atoms with Crippen molar-refractivity contribution >= 4 is 29.1 Å². The Labute approximate surface area is 133 Å². The molecule has 0 bridgehead atoms. The van der Waals surface area contributed by atoms with Crippen LogP contribution in [-0.4, -0.2) is 18.4 Å². The van der Waals surface area contributed by atoms with Crippen LogP contribution in [0.3, 0.4) is 0 Å². The van der Waals surface area contributed by atoms with E-state index in [0.29, 0.717) is 24.2 Å². The van der Waals surface area contributed by atoms with Gasteiger partial charge in [-0.3, -0.25) is 9.59 Å². The lowest BCUT2D eigenvalue weighted by atomic mass is 10.1. The molecule has 0 unspecified atom stereocenters. The van der Waals surface area contributed by atoms with Crippen LogP contribution < -0.4 is 16.8 Å². The molecule has 6 heteroatoms. The van der Waals surface area contributed by atoms with E-state index in [1.165, 1.54) is 12.1 Å². The van der Waals surface area contributed by atoms with Crippen molar-refractivity contribution in [2.45, 2.75) is 6.42 Å². The molecule has 114 valence electrons. The zero-order valence-corrected chi connectivity index (χ0v) is 12.6. The van der Waals surface area contributed by atoms with Crippen molar-refractivity contribution in [3.63, 3.8) is 0 Å². The molecule has 0 aliphatic rings. The highest BCUT2D eigenvalue weighted by Gasteiger charge is 2.12. The fourth-order valence-electron chi connectivity index (χ4n) is 2.03. The molecule has 0 heterocycles. The lowest BCUT2D eigenvalue weighted by Crippen LogP contribution is -2.26. The van der Waals surface area contributed by atoms with Crippen molar-refractivity contribution < 1.29 is 9.59 Å². The number of anilines is 1. The second kappa shape index (κ2) is 6.95.